The van der Waals surface area contributed by atoms with Crippen molar-refractivity contribution in [3.05, 3.63) is 0 Å². The van der Waals surface area contributed by atoms with E-state index in [1.165, 1.54) is 0 Å². The first-order valence-electron chi connectivity index (χ1n) is 7.09. The lowest BCUT2D eigenvalue weighted by atomic mass is 9.84. The van der Waals surface area contributed by atoms with Crippen molar-refractivity contribution in [2.45, 2.75) is 45.1 Å². The number of nitrogens with zero attached hydrogens (tertiary/aromatic N) is 1. The van der Waals surface area contributed by atoms with Crippen molar-refractivity contribution < 1.29 is 4.79 Å². The van der Waals surface area contributed by atoms with Crippen molar-refractivity contribution in [2.24, 2.45) is 17.6 Å². The van der Waals surface area contributed by atoms with Crippen LogP contribution in [0.3, 0.4) is 0 Å². The number of hydrogen-bond acceptors (Lipinski definition) is 3. The molecule has 0 radical (unpaired) electrons. The molecule has 0 aromatic rings. The Morgan fingerprint density at radius 2 is 2.22 bits per heavy atom. The van der Waals surface area contributed by atoms with Crippen LogP contribution in [0.15, 0.2) is 0 Å². The highest BCUT2D eigenvalue weighted by Crippen LogP contribution is 2.37. The Morgan fingerprint density at radius 1 is 1.56 bits per heavy atom. The molecule has 2 unspecified atom stereocenters. The molecule has 1 saturated carbocycles. The molecule has 18 heavy (non-hydrogen) atoms. The highest BCUT2D eigenvalue weighted by atomic mass is 16.1. The van der Waals surface area contributed by atoms with Crippen LogP contribution in [-0.4, -0.2) is 43.5 Å². The van der Waals surface area contributed by atoms with E-state index in [0.29, 0.717) is 11.8 Å². The number of carbonyl (C=O) groups excluding carboxylic acids is 1. The van der Waals surface area contributed by atoms with E-state index in [0.717, 1.165) is 38.8 Å². The summed E-state index contributed by atoms with van der Waals surface area (Å²) in [7, 11) is 4.02. The molecule has 1 fully saturated rings. The summed E-state index contributed by atoms with van der Waals surface area (Å²) in [6, 6.07) is 0. The first kappa shape index (κ1) is 15.4. The molecule has 0 spiro atoms. The van der Waals surface area contributed by atoms with Gasteiger partial charge in [-0.15, -0.1) is 0 Å². The number of carbonyl (C=O) groups is 1. The first-order chi connectivity index (χ1) is 8.42. The predicted molar refractivity (Wildman–Crippen MR) is 75.3 cm³/mol. The van der Waals surface area contributed by atoms with Crippen molar-refractivity contribution in [3.63, 3.8) is 0 Å². The summed E-state index contributed by atoms with van der Waals surface area (Å²) in [5.41, 5.74) is 5.15. The molecule has 1 aliphatic carbocycles. The van der Waals surface area contributed by atoms with Crippen LogP contribution in [0.1, 0.15) is 39.5 Å². The molecule has 1 aliphatic rings. The van der Waals surface area contributed by atoms with Gasteiger partial charge in [0.1, 0.15) is 5.54 Å². The highest BCUT2D eigenvalue weighted by molar-refractivity contribution is 5.85. The minimum absolute atomic E-state index is 0.181. The molecular formula is C14H29N3O. The number of primary amides is 1. The molecule has 0 aromatic heterocycles. The van der Waals surface area contributed by atoms with Crippen LogP contribution in [0.25, 0.3) is 0 Å². The molecular weight excluding hydrogens is 226 g/mol. The second-order valence-corrected chi connectivity index (χ2v) is 6.12. The number of hydrogen-bond donors (Lipinski definition) is 2. The third-order valence-electron chi connectivity index (χ3n) is 4.24. The van der Waals surface area contributed by atoms with Crippen LogP contribution in [0.2, 0.25) is 0 Å². The van der Waals surface area contributed by atoms with Crippen molar-refractivity contribution in [1.29, 1.82) is 0 Å². The van der Waals surface area contributed by atoms with Gasteiger partial charge in [0.2, 0.25) is 5.91 Å². The van der Waals surface area contributed by atoms with E-state index in [9.17, 15) is 4.79 Å². The van der Waals surface area contributed by atoms with Crippen molar-refractivity contribution in [3.8, 4) is 0 Å². The van der Waals surface area contributed by atoms with Crippen LogP contribution >= 0.6 is 0 Å². The van der Waals surface area contributed by atoms with E-state index in [2.05, 4.69) is 31.1 Å². The van der Waals surface area contributed by atoms with Gasteiger partial charge in [-0.1, -0.05) is 20.3 Å². The summed E-state index contributed by atoms with van der Waals surface area (Å²) in [4.78, 5) is 14.1. The normalized spacial score (nSPS) is 28.2. The fraction of sp³-hybridized carbons (Fsp3) is 0.929. The zero-order chi connectivity index (χ0) is 13.8. The Kier molecular flexibility index (Phi) is 5.60. The molecule has 2 atom stereocenters. The first-order valence-corrected chi connectivity index (χ1v) is 7.09. The van der Waals surface area contributed by atoms with Crippen LogP contribution < -0.4 is 11.1 Å². The van der Waals surface area contributed by atoms with E-state index in [1.54, 1.807) is 0 Å². The second kappa shape index (κ2) is 6.53. The Balaban J connectivity index is 2.53. The zero-order valence-corrected chi connectivity index (χ0v) is 12.3. The number of likely N-dealkylation sites (N-methyl/N-ethyl adjacent to an activating group) is 1. The Bertz CT molecular complexity index is 280. The molecule has 1 rings (SSSR count). The molecule has 3 N–H and O–H groups in total. The average Bonchev–Trinajstić information content (AvgIpc) is 2.69. The minimum atomic E-state index is -0.460. The summed E-state index contributed by atoms with van der Waals surface area (Å²) >= 11 is 0. The van der Waals surface area contributed by atoms with E-state index in [1.807, 2.05) is 7.05 Å². The van der Waals surface area contributed by atoms with Gasteiger partial charge in [0.05, 0.1) is 0 Å². The quantitative estimate of drug-likeness (QED) is 0.719. The lowest BCUT2D eigenvalue weighted by Gasteiger charge is -2.33. The van der Waals surface area contributed by atoms with Crippen molar-refractivity contribution in [2.75, 3.05) is 27.2 Å². The number of rotatable bonds is 7. The van der Waals surface area contributed by atoms with Crippen molar-refractivity contribution >= 4 is 5.91 Å². The molecule has 0 bridgehead atoms. The molecule has 4 heteroatoms. The SMILES string of the molecule is CNC1(C(N)=O)CCCC1CCN(C)CC(C)C. The Morgan fingerprint density at radius 3 is 2.72 bits per heavy atom. The summed E-state index contributed by atoms with van der Waals surface area (Å²) in [5.74, 6) is 0.886. The van der Waals surface area contributed by atoms with Gasteiger partial charge in [0.15, 0.2) is 0 Å². The van der Waals surface area contributed by atoms with Crippen LogP contribution in [0, 0.1) is 11.8 Å². The lowest BCUT2D eigenvalue weighted by Crippen LogP contribution is -2.56. The van der Waals surface area contributed by atoms with E-state index in [4.69, 9.17) is 5.73 Å². The lowest BCUT2D eigenvalue weighted by molar-refractivity contribution is -0.125. The van der Waals surface area contributed by atoms with E-state index >= 15 is 0 Å². The smallest absolute Gasteiger partial charge is 0.238 e. The van der Waals surface area contributed by atoms with Gasteiger partial charge in [-0.3, -0.25) is 4.79 Å². The molecule has 4 nitrogen and oxygen atoms in total. The maximum atomic E-state index is 11.7. The fourth-order valence-corrected chi connectivity index (χ4v) is 3.34. The zero-order valence-electron chi connectivity index (χ0n) is 12.3. The topological polar surface area (TPSA) is 58.4 Å². The predicted octanol–water partition coefficient (Wildman–Crippen LogP) is 1.21. The molecule has 0 aliphatic heterocycles. The van der Waals surface area contributed by atoms with Gasteiger partial charge in [-0.25, -0.2) is 0 Å². The largest absolute Gasteiger partial charge is 0.368 e. The maximum Gasteiger partial charge on any atom is 0.238 e. The summed E-state index contributed by atoms with van der Waals surface area (Å²) in [5, 5.41) is 3.20. The fourth-order valence-electron chi connectivity index (χ4n) is 3.34. The molecule has 0 heterocycles. The minimum Gasteiger partial charge on any atom is -0.368 e. The molecule has 0 aromatic carbocycles. The number of nitrogens with two attached hydrogens (primary N) is 1. The number of amides is 1. The third-order valence-corrected chi connectivity index (χ3v) is 4.24. The van der Waals surface area contributed by atoms with Gasteiger partial charge in [-0.05, 0) is 51.7 Å². The van der Waals surface area contributed by atoms with Crippen LogP contribution in [0.4, 0.5) is 0 Å². The average molecular weight is 255 g/mol. The van der Waals surface area contributed by atoms with E-state index < -0.39 is 5.54 Å². The maximum absolute atomic E-state index is 11.7. The van der Waals surface area contributed by atoms with Crippen molar-refractivity contribution in [1.82, 2.24) is 10.2 Å². The monoisotopic (exact) mass is 255 g/mol. The molecule has 1 amide bonds. The summed E-state index contributed by atoms with van der Waals surface area (Å²) < 4.78 is 0. The summed E-state index contributed by atoms with van der Waals surface area (Å²) in [6.45, 7) is 6.61. The van der Waals surface area contributed by atoms with Gasteiger partial charge in [0.25, 0.3) is 0 Å². The molecule has 0 saturated heterocycles. The Hall–Kier alpha value is -0.610. The highest BCUT2D eigenvalue weighted by Gasteiger charge is 2.46. The van der Waals surface area contributed by atoms with Crippen LogP contribution in [-0.2, 0) is 4.79 Å². The number of nitrogens with one attached hydrogen (secondary N) is 1. The van der Waals surface area contributed by atoms with Crippen LogP contribution in [0.5, 0.6) is 0 Å². The standard InChI is InChI=1S/C14H29N3O/c1-11(2)10-17(4)9-7-12-6-5-8-14(12,16-3)13(15)18/h11-12,16H,5-10H2,1-4H3,(H2,15,18). The molecule has 106 valence electrons. The third kappa shape index (κ3) is 3.45. The second-order valence-electron chi connectivity index (χ2n) is 6.12. The van der Waals surface area contributed by atoms with Gasteiger partial charge < -0.3 is 16.0 Å². The van der Waals surface area contributed by atoms with E-state index in [-0.39, 0.29) is 5.91 Å². The Labute approximate surface area is 111 Å². The summed E-state index contributed by atoms with van der Waals surface area (Å²) in [6.07, 6.45) is 4.14. The van der Waals surface area contributed by atoms with Gasteiger partial charge >= 0.3 is 0 Å². The van der Waals surface area contributed by atoms with Gasteiger partial charge in [0, 0.05) is 6.54 Å². The van der Waals surface area contributed by atoms with Gasteiger partial charge in [-0.2, -0.15) is 0 Å².